The van der Waals surface area contributed by atoms with Gasteiger partial charge in [-0.2, -0.15) is 19.3 Å². The predicted octanol–water partition coefficient (Wildman–Crippen LogP) is 2.20. The summed E-state index contributed by atoms with van der Waals surface area (Å²) in [5.41, 5.74) is 1.21. The van der Waals surface area contributed by atoms with E-state index >= 15 is 0 Å². The van der Waals surface area contributed by atoms with Gasteiger partial charge < -0.3 is 4.52 Å². The quantitative estimate of drug-likeness (QED) is 0.755. The van der Waals surface area contributed by atoms with Gasteiger partial charge in [0.1, 0.15) is 17.3 Å². The minimum Gasteiger partial charge on any atom is -0.334 e. The number of nitrogens with zero attached hydrogens (tertiary/aromatic N) is 5. The number of aromatic nitrogens is 3. The lowest BCUT2D eigenvalue weighted by atomic mass is 9.94. The second-order valence-corrected chi connectivity index (χ2v) is 6.23. The monoisotopic (exact) mass is 364 g/mol. The third-order valence-electron chi connectivity index (χ3n) is 4.41. The first-order chi connectivity index (χ1) is 13.2. The maximum atomic E-state index is 12.9. The predicted molar refractivity (Wildman–Crippen MR) is 95.7 cm³/mol. The van der Waals surface area contributed by atoms with Crippen molar-refractivity contribution in [3.63, 3.8) is 0 Å². The van der Waals surface area contributed by atoms with Crippen molar-refractivity contribution in [3.8, 4) is 11.5 Å². The molecule has 27 heavy (non-hydrogen) atoms. The van der Waals surface area contributed by atoms with Gasteiger partial charge in [0.15, 0.2) is 6.54 Å². The normalized spacial score (nSPS) is 19.0. The molecule has 0 fully saturated rings. The van der Waals surface area contributed by atoms with Crippen molar-refractivity contribution in [2.45, 2.75) is 19.9 Å². The van der Waals surface area contributed by atoms with Gasteiger partial charge in [-0.3, -0.25) is 4.98 Å². The number of rotatable bonds is 5. The highest BCUT2D eigenvalue weighted by Crippen LogP contribution is 2.21. The molecule has 0 bridgehead atoms. The summed E-state index contributed by atoms with van der Waals surface area (Å²) in [6, 6.07) is 5.04. The van der Waals surface area contributed by atoms with E-state index in [0.717, 1.165) is 0 Å². The fourth-order valence-corrected chi connectivity index (χ4v) is 3.16. The first kappa shape index (κ1) is 17.0. The molecule has 8 heteroatoms. The third-order valence-corrected chi connectivity index (χ3v) is 4.41. The van der Waals surface area contributed by atoms with Gasteiger partial charge in [0.2, 0.25) is 5.82 Å². The second-order valence-electron chi connectivity index (χ2n) is 6.23. The van der Waals surface area contributed by atoms with Gasteiger partial charge in [-0.1, -0.05) is 36.4 Å². The topological polar surface area (TPSA) is 92.2 Å². The van der Waals surface area contributed by atoms with E-state index in [2.05, 4.69) is 15.1 Å². The van der Waals surface area contributed by atoms with Gasteiger partial charge in [0.05, 0.1) is 6.54 Å². The summed E-state index contributed by atoms with van der Waals surface area (Å²) >= 11 is 0. The van der Waals surface area contributed by atoms with E-state index in [-0.39, 0.29) is 24.4 Å². The minimum atomic E-state index is -0.475. The molecule has 3 heterocycles. The molecule has 0 saturated heterocycles. The molecule has 0 spiro atoms. The molecule has 3 amide bonds. The zero-order chi connectivity index (χ0) is 18.8. The Morgan fingerprint density at radius 2 is 2.15 bits per heavy atom. The van der Waals surface area contributed by atoms with E-state index in [1.807, 2.05) is 25.1 Å². The van der Waals surface area contributed by atoms with E-state index < -0.39 is 5.92 Å². The van der Waals surface area contributed by atoms with Crippen LogP contribution in [0.1, 0.15) is 19.2 Å². The number of allylic oxidation sites excluding steroid dienone is 3. The van der Waals surface area contributed by atoms with E-state index in [4.69, 9.17) is 4.52 Å². The van der Waals surface area contributed by atoms with Crippen LogP contribution in [0.4, 0.5) is 4.79 Å². The highest BCUT2D eigenvalue weighted by Gasteiger charge is 2.46. The van der Waals surface area contributed by atoms with Crippen LogP contribution in [0.3, 0.4) is 0 Å². The minimum absolute atomic E-state index is 0.0934. The summed E-state index contributed by atoms with van der Waals surface area (Å²) in [6.45, 7) is 2.40. The molecule has 1 atom stereocenters. The van der Waals surface area contributed by atoms with Crippen LogP contribution >= 0.6 is 0 Å². The Morgan fingerprint density at radius 1 is 1.26 bits per heavy atom. The number of amides is 3. The second kappa shape index (κ2) is 7.06. The summed E-state index contributed by atoms with van der Waals surface area (Å²) in [4.78, 5) is 35.4. The van der Waals surface area contributed by atoms with Crippen LogP contribution in [-0.4, -0.2) is 48.8 Å². The number of pyridine rings is 1. The zero-order valence-corrected chi connectivity index (χ0v) is 14.8. The molecule has 2 aromatic heterocycles. The summed E-state index contributed by atoms with van der Waals surface area (Å²) in [7, 11) is 0. The Bertz CT molecular complexity index is 974. The lowest BCUT2D eigenvalue weighted by Gasteiger charge is -2.26. The average Bonchev–Trinajstić information content (AvgIpc) is 3.18. The highest BCUT2D eigenvalue weighted by atomic mass is 16.5. The molecule has 136 valence electrons. The lowest BCUT2D eigenvalue weighted by molar-refractivity contribution is -0.460. The number of urea groups is 1. The van der Waals surface area contributed by atoms with Gasteiger partial charge in [-0.05, 0) is 24.6 Å². The van der Waals surface area contributed by atoms with Crippen molar-refractivity contribution in [1.29, 1.82) is 0 Å². The number of hydrogen-bond acceptors (Lipinski definition) is 6. The first-order valence-electron chi connectivity index (χ1n) is 8.77. The van der Waals surface area contributed by atoms with Gasteiger partial charge >= 0.3 is 11.9 Å². The summed E-state index contributed by atoms with van der Waals surface area (Å²) in [6.07, 6.45) is 9.54. The summed E-state index contributed by atoms with van der Waals surface area (Å²) in [5.74, 6) is -0.0352. The number of carbonyl (C=O) groups excluding carboxylic acids is 2. The van der Waals surface area contributed by atoms with Gasteiger partial charge in [-0.15, -0.1) is 0 Å². The molecule has 8 nitrogen and oxygen atoms in total. The van der Waals surface area contributed by atoms with Crippen LogP contribution < -0.4 is 0 Å². The molecule has 0 N–H and O–H groups in total. The Labute approximate surface area is 155 Å². The molecule has 0 aromatic carbocycles. The number of hydrogen-bond donors (Lipinski definition) is 0. The van der Waals surface area contributed by atoms with Crippen LogP contribution in [0.25, 0.3) is 11.5 Å². The van der Waals surface area contributed by atoms with Crippen LogP contribution in [0.2, 0.25) is 0 Å². The number of fused-ring (bicyclic) bond motifs is 1. The largest absolute Gasteiger partial charge is 0.501 e. The average molecular weight is 364 g/mol. The molecule has 0 radical (unpaired) electrons. The van der Waals surface area contributed by atoms with Crippen molar-refractivity contribution < 1.29 is 18.7 Å². The number of imide groups is 1. The van der Waals surface area contributed by atoms with Gasteiger partial charge in [-0.25, -0.2) is 4.79 Å². The van der Waals surface area contributed by atoms with Crippen LogP contribution in [0.15, 0.2) is 53.2 Å². The van der Waals surface area contributed by atoms with E-state index in [1.165, 1.54) is 9.48 Å². The molecule has 1 aliphatic heterocycles. The van der Waals surface area contributed by atoms with Crippen molar-refractivity contribution >= 4 is 17.6 Å². The van der Waals surface area contributed by atoms with E-state index in [0.29, 0.717) is 30.2 Å². The molecule has 1 aliphatic carbocycles. The van der Waals surface area contributed by atoms with Crippen LogP contribution in [-0.2, 0) is 11.3 Å². The first-order valence-corrected chi connectivity index (χ1v) is 8.77. The van der Waals surface area contributed by atoms with Gasteiger partial charge in [0, 0.05) is 6.20 Å². The third kappa shape index (κ3) is 3.10. The SMILES string of the molecule is CCCN1C(=O)C2C=CC=CC2=[N+](Cc2nc(-c3ccccn3)no2)C1=O. The molecule has 2 aliphatic rings. The van der Waals surface area contributed by atoms with Crippen molar-refractivity contribution in [1.82, 2.24) is 20.0 Å². The zero-order valence-electron chi connectivity index (χ0n) is 14.8. The molecule has 2 aromatic rings. The van der Waals surface area contributed by atoms with E-state index in [9.17, 15) is 9.59 Å². The Morgan fingerprint density at radius 3 is 2.93 bits per heavy atom. The lowest BCUT2D eigenvalue weighted by Crippen LogP contribution is -2.54. The van der Waals surface area contributed by atoms with E-state index in [1.54, 1.807) is 30.5 Å². The standard InChI is InChI=1S/C19H18N5O3/c1-2-11-23-18(25)13-7-3-4-9-15(13)24(19(23)26)12-16-21-17(22-27-16)14-8-5-6-10-20-14/h3-10,13H,2,11-12H2,1H3/q+1. The van der Waals surface area contributed by atoms with Crippen molar-refractivity contribution in [3.05, 3.63) is 54.6 Å². The molecular formula is C19H18N5O3+. The Hall–Kier alpha value is -3.42. The van der Waals surface area contributed by atoms with Crippen LogP contribution in [0.5, 0.6) is 0 Å². The Balaban J connectivity index is 1.68. The number of carbonyl (C=O) groups is 2. The maximum Gasteiger partial charge on any atom is 0.501 e. The molecule has 0 saturated carbocycles. The molecular weight excluding hydrogens is 346 g/mol. The Kier molecular flexibility index (Phi) is 4.45. The smallest absolute Gasteiger partial charge is 0.334 e. The highest BCUT2D eigenvalue weighted by molar-refractivity contribution is 6.16. The van der Waals surface area contributed by atoms with Gasteiger partial charge in [0.25, 0.3) is 5.89 Å². The maximum absolute atomic E-state index is 12.9. The summed E-state index contributed by atoms with van der Waals surface area (Å²) < 4.78 is 6.84. The van der Waals surface area contributed by atoms with Crippen molar-refractivity contribution in [2.24, 2.45) is 5.92 Å². The fraction of sp³-hybridized carbons (Fsp3) is 0.263. The molecule has 4 rings (SSSR count). The fourth-order valence-electron chi connectivity index (χ4n) is 3.16. The van der Waals surface area contributed by atoms with Crippen LogP contribution in [0, 0.1) is 5.92 Å². The summed E-state index contributed by atoms with van der Waals surface area (Å²) in [5, 5.41) is 3.94. The van der Waals surface area contributed by atoms with Crippen molar-refractivity contribution in [2.75, 3.05) is 6.54 Å². The molecule has 1 unspecified atom stereocenters.